The van der Waals surface area contributed by atoms with Crippen molar-refractivity contribution in [3.63, 3.8) is 0 Å². The summed E-state index contributed by atoms with van der Waals surface area (Å²) in [6.07, 6.45) is 2.83. The maximum Gasteiger partial charge on any atom is 0.269 e. The van der Waals surface area contributed by atoms with Crippen LogP contribution in [0.4, 0.5) is 5.69 Å². The van der Waals surface area contributed by atoms with Gasteiger partial charge in [-0.05, 0) is 24.8 Å². The zero-order valence-electron chi connectivity index (χ0n) is 13.3. The van der Waals surface area contributed by atoms with Crippen molar-refractivity contribution in [1.82, 2.24) is 4.72 Å². The fourth-order valence-corrected chi connectivity index (χ4v) is 3.57. The molecule has 0 spiro atoms. The zero-order chi connectivity index (χ0) is 17.4. The molecular weight excluding hydrogens is 336 g/mol. The van der Waals surface area contributed by atoms with E-state index < -0.39 is 14.9 Å². The van der Waals surface area contributed by atoms with Gasteiger partial charge >= 0.3 is 0 Å². The number of hydrogen-bond donors (Lipinski definition) is 1. The van der Waals surface area contributed by atoms with Crippen LogP contribution in [-0.2, 0) is 25.2 Å². The monoisotopic (exact) mass is 358 g/mol. The number of nitro benzene ring substituents is 1. The summed E-state index contributed by atoms with van der Waals surface area (Å²) in [4.78, 5) is 10.0. The molecule has 1 unspecified atom stereocenters. The normalized spacial score (nSPS) is 17.9. The molecular formula is C15H22N2O6S. The van der Waals surface area contributed by atoms with E-state index in [-0.39, 0.29) is 17.5 Å². The third kappa shape index (κ3) is 6.52. The number of nitrogens with zero attached hydrogens (tertiary/aromatic N) is 1. The molecule has 134 valence electrons. The molecule has 24 heavy (non-hydrogen) atoms. The average Bonchev–Trinajstić information content (AvgIpc) is 3.04. The Labute approximate surface area is 141 Å². The SMILES string of the molecule is O=[N+]([O-])c1ccc(CS(=O)(=O)NCCCOCC2CCCO2)cc1. The van der Waals surface area contributed by atoms with Crippen LogP contribution in [0.2, 0.25) is 0 Å². The fourth-order valence-electron chi connectivity index (χ4n) is 2.38. The van der Waals surface area contributed by atoms with Crippen LogP contribution in [0.3, 0.4) is 0 Å². The second-order valence-electron chi connectivity index (χ2n) is 5.64. The summed E-state index contributed by atoms with van der Waals surface area (Å²) < 4.78 is 37.3. The Morgan fingerprint density at radius 1 is 1.33 bits per heavy atom. The van der Waals surface area contributed by atoms with Gasteiger partial charge in [0.2, 0.25) is 10.0 Å². The van der Waals surface area contributed by atoms with E-state index in [0.29, 0.717) is 31.7 Å². The lowest BCUT2D eigenvalue weighted by Crippen LogP contribution is -2.27. The highest BCUT2D eigenvalue weighted by Crippen LogP contribution is 2.14. The van der Waals surface area contributed by atoms with Gasteiger partial charge in [0, 0.05) is 31.9 Å². The Kier molecular flexibility index (Phi) is 7.10. The van der Waals surface area contributed by atoms with Gasteiger partial charge in [-0.2, -0.15) is 0 Å². The zero-order valence-corrected chi connectivity index (χ0v) is 14.2. The highest BCUT2D eigenvalue weighted by atomic mass is 32.2. The van der Waals surface area contributed by atoms with E-state index in [1.165, 1.54) is 24.3 Å². The maximum absolute atomic E-state index is 12.0. The molecule has 1 heterocycles. The second-order valence-corrected chi connectivity index (χ2v) is 7.45. The summed E-state index contributed by atoms with van der Waals surface area (Å²) in [7, 11) is -3.47. The van der Waals surface area contributed by atoms with E-state index in [4.69, 9.17) is 9.47 Å². The molecule has 1 aliphatic rings. The Bertz CT molecular complexity index is 626. The first-order chi connectivity index (χ1) is 11.5. The Morgan fingerprint density at radius 3 is 2.71 bits per heavy atom. The number of sulfonamides is 1. The van der Waals surface area contributed by atoms with Crippen LogP contribution in [0, 0.1) is 10.1 Å². The quantitative estimate of drug-likeness (QED) is 0.387. The van der Waals surface area contributed by atoms with Gasteiger partial charge in [-0.25, -0.2) is 13.1 Å². The van der Waals surface area contributed by atoms with Gasteiger partial charge in [-0.15, -0.1) is 0 Å². The van der Waals surface area contributed by atoms with E-state index >= 15 is 0 Å². The lowest BCUT2D eigenvalue weighted by molar-refractivity contribution is -0.384. The number of nitro groups is 1. The number of rotatable bonds is 10. The minimum atomic E-state index is -3.47. The van der Waals surface area contributed by atoms with Gasteiger partial charge in [-0.1, -0.05) is 12.1 Å². The van der Waals surface area contributed by atoms with Crippen LogP contribution < -0.4 is 4.72 Å². The van der Waals surface area contributed by atoms with Gasteiger partial charge in [0.25, 0.3) is 5.69 Å². The molecule has 1 atom stereocenters. The van der Waals surface area contributed by atoms with Crippen molar-refractivity contribution in [1.29, 1.82) is 0 Å². The number of benzene rings is 1. The van der Waals surface area contributed by atoms with E-state index in [2.05, 4.69) is 4.72 Å². The minimum absolute atomic E-state index is 0.0625. The molecule has 1 aliphatic heterocycles. The summed E-state index contributed by atoms with van der Waals surface area (Å²) in [5, 5.41) is 10.6. The van der Waals surface area contributed by atoms with Crippen molar-refractivity contribution in [2.45, 2.75) is 31.1 Å². The summed E-state index contributed by atoms with van der Waals surface area (Å²) in [5.41, 5.74) is 0.440. The highest BCUT2D eigenvalue weighted by Gasteiger charge is 2.15. The molecule has 0 radical (unpaired) electrons. The van der Waals surface area contributed by atoms with Crippen LogP contribution in [0.15, 0.2) is 24.3 Å². The molecule has 0 aromatic heterocycles. The topological polar surface area (TPSA) is 108 Å². The summed E-state index contributed by atoms with van der Waals surface area (Å²) in [5.74, 6) is -0.207. The lowest BCUT2D eigenvalue weighted by Gasteiger charge is -2.10. The van der Waals surface area contributed by atoms with Crippen LogP contribution in [0.5, 0.6) is 0 Å². The molecule has 1 aromatic rings. The maximum atomic E-state index is 12.0. The number of hydrogen-bond acceptors (Lipinski definition) is 6. The van der Waals surface area contributed by atoms with Gasteiger partial charge in [-0.3, -0.25) is 10.1 Å². The van der Waals surface area contributed by atoms with E-state index in [0.717, 1.165) is 19.4 Å². The first kappa shape index (κ1) is 18.8. The molecule has 0 amide bonds. The van der Waals surface area contributed by atoms with E-state index in [1.54, 1.807) is 0 Å². The smallest absolute Gasteiger partial charge is 0.269 e. The summed E-state index contributed by atoms with van der Waals surface area (Å²) in [6, 6.07) is 5.48. The Hall–Kier alpha value is -1.55. The highest BCUT2D eigenvalue weighted by molar-refractivity contribution is 7.88. The second kappa shape index (κ2) is 9.07. The number of non-ortho nitro benzene ring substituents is 1. The molecule has 1 fully saturated rings. The summed E-state index contributed by atoms with van der Waals surface area (Å²) >= 11 is 0. The minimum Gasteiger partial charge on any atom is -0.379 e. The molecule has 1 saturated heterocycles. The molecule has 0 aliphatic carbocycles. The van der Waals surface area contributed by atoms with Crippen LogP contribution in [0.25, 0.3) is 0 Å². The average molecular weight is 358 g/mol. The van der Waals surface area contributed by atoms with Gasteiger partial charge in [0.1, 0.15) is 0 Å². The molecule has 1 N–H and O–H groups in total. The summed E-state index contributed by atoms with van der Waals surface area (Å²) in [6.45, 7) is 2.10. The predicted octanol–water partition coefficient (Wildman–Crippen LogP) is 1.60. The van der Waals surface area contributed by atoms with E-state index in [1.807, 2.05) is 0 Å². The van der Waals surface area contributed by atoms with Gasteiger partial charge < -0.3 is 9.47 Å². The third-order valence-corrected chi connectivity index (χ3v) is 4.98. The molecule has 1 aromatic carbocycles. The third-order valence-electron chi connectivity index (χ3n) is 3.62. The van der Waals surface area contributed by atoms with Crippen molar-refractivity contribution in [2.24, 2.45) is 0 Å². The Balaban J connectivity index is 1.64. The largest absolute Gasteiger partial charge is 0.379 e. The standard InChI is InChI=1S/C15H22N2O6S/c18-17(19)14-6-4-13(5-7-14)12-24(20,21)16-8-2-9-22-11-15-3-1-10-23-15/h4-7,15-16H,1-3,8-12H2. The predicted molar refractivity (Wildman–Crippen MR) is 88.1 cm³/mol. The van der Waals surface area contributed by atoms with Crippen molar-refractivity contribution >= 4 is 15.7 Å². The van der Waals surface area contributed by atoms with Crippen LogP contribution >= 0.6 is 0 Å². The van der Waals surface area contributed by atoms with Crippen molar-refractivity contribution in [3.05, 3.63) is 39.9 Å². The number of ether oxygens (including phenoxy) is 2. The number of nitrogens with one attached hydrogen (secondary N) is 1. The van der Waals surface area contributed by atoms with Crippen LogP contribution in [-0.4, -0.2) is 45.8 Å². The first-order valence-electron chi connectivity index (χ1n) is 7.86. The van der Waals surface area contributed by atoms with Gasteiger partial charge in [0.05, 0.1) is 23.4 Å². The Morgan fingerprint density at radius 2 is 2.08 bits per heavy atom. The molecule has 0 saturated carbocycles. The van der Waals surface area contributed by atoms with E-state index in [9.17, 15) is 18.5 Å². The molecule has 0 bridgehead atoms. The van der Waals surface area contributed by atoms with Gasteiger partial charge in [0.15, 0.2) is 0 Å². The van der Waals surface area contributed by atoms with Crippen molar-refractivity contribution in [2.75, 3.05) is 26.4 Å². The molecule has 9 heteroatoms. The fraction of sp³-hybridized carbons (Fsp3) is 0.600. The molecule has 2 rings (SSSR count). The van der Waals surface area contributed by atoms with Crippen molar-refractivity contribution < 1.29 is 22.8 Å². The first-order valence-corrected chi connectivity index (χ1v) is 9.51. The van der Waals surface area contributed by atoms with Crippen LogP contribution in [0.1, 0.15) is 24.8 Å². The molecule has 8 nitrogen and oxygen atoms in total. The lowest BCUT2D eigenvalue weighted by atomic mass is 10.2. The van der Waals surface area contributed by atoms with Crippen molar-refractivity contribution in [3.8, 4) is 0 Å².